The van der Waals surface area contributed by atoms with Crippen molar-refractivity contribution in [2.75, 3.05) is 38.6 Å². The van der Waals surface area contributed by atoms with E-state index in [4.69, 9.17) is 5.11 Å². The van der Waals surface area contributed by atoms with Gasteiger partial charge in [0.25, 0.3) is 0 Å². The van der Waals surface area contributed by atoms with Gasteiger partial charge in [-0.15, -0.1) is 0 Å². The van der Waals surface area contributed by atoms with Crippen molar-refractivity contribution in [3.63, 3.8) is 0 Å². The highest BCUT2D eigenvalue weighted by Gasteiger charge is 2.39. The third kappa shape index (κ3) is 5.93. The number of aliphatic carboxylic acids is 2. The Hall–Kier alpha value is -3.12. The van der Waals surface area contributed by atoms with Gasteiger partial charge in [0.1, 0.15) is 0 Å². The van der Waals surface area contributed by atoms with Crippen LogP contribution < -0.4 is 14.9 Å². The Morgan fingerprint density at radius 1 is 1.10 bits per heavy atom. The molecule has 0 saturated carbocycles. The molecule has 29 heavy (non-hydrogen) atoms. The molecule has 0 amide bonds. The Labute approximate surface area is 171 Å². The number of carbonyl (C=O) groups excluding carboxylic acids is 1. The average Bonchev–Trinajstić information content (AvgIpc) is 3.00. The zero-order chi connectivity index (χ0) is 21.4. The number of likely N-dealkylation sites (N-methyl/N-ethyl adjacent to an activating group) is 1. The van der Waals surface area contributed by atoms with Crippen molar-refractivity contribution < 1.29 is 24.7 Å². The molecule has 6 nitrogen and oxygen atoms in total. The van der Waals surface area contributed by atoms with Crippen LogP contribution in [0.2, 0.25) is 0 Å². The first-order valence-corrected chi connectivity index (χ1v) is 9.55. The number of rotatable bonds is 6. The summed E-state index contributed by atoms with van der Waals surface area (Å²) in [5.74, 6) is -2.80. The van der Waals surface area contributed by atoms with Crippen LogP contribution in [0, 0.1) is 0 Å². The Bertz CT molecular complexity index is 848. The van der Waals surface area contributed by atoms with E-state index < -0.39 is 11.9 Å². The first kappa shape index (κ1) is 22.2. The number of benzene rings is 2. The Balaban J connectivity index is 0.000000321. The van der Waals surface area contributed by atoms with Crippen molar-refractivity contribution in [3.05, 3.63) is 77.9 Å². The number of fused-ring (bicyclic) bond motifs is 1. The summed E-state index contributed by atoms with van der Waals surface area (Å²) in [6.45, 7) is 5.73. The molecule has 1 unspecified atom stereocenters. The number of anilines is 1. The van der Waals surface area contributed by atoms with E-state index in [-0.39, 0.29) is 5.41 Å². The normalized spacial score (nSPS) is 17.7. The summed E-state index contributed by atoms with van der Waals surface area (Å²) in [7, 11) is 4.44. The monoisotopic (exact) mass is 396 g/mol. The molecule has 2 aromatic carbocycles. The summed E-state index contributed by atoms with van der Waals surface area (Å²) in [6.07, 6.45) is 0.942. The Morgan fingerprint density at radius 2 is 1.72 bits per heavy atom. The summed E-state index contributed by atoms with van der Waals surface area (Å²) in [4.78, 5) is 23.0. The number of hydrogen-bond donors (Lipinski definition) is 2. The van der Waals surface area contributed by atoms with Crippen molar-refractivity contribution in [1.82, 2.24) is 0 Å². The van der Waals surface area contributed by atoms with Crippen molar-refractivity contribution in [1.29, 1.82) is 0 Å². The summed E-state index contributed by atoms with van der Waals surface area (Å²) in [5, 5.41) is 17.2. The lowest BCUT2D eigenvalue weighted by Crippen LogP contribution is -3.06. The lowest BCUT2D eigenvalue weighted by Gasteiger charge is -2.27. The van der Waals surface area contributed by atoms with Gasteiger partial charge in [-0.3, -0.25) is 0 Å². The number of para-hydroxylation sites is 1. The smallest absolute Gasteiger partial charge is 0.328 e. The van der Waals surface area contributed by atoms with Crippen LogP contribution in [0.3, 0.4) is 0 Å². The molecule has 0 radical (unpaired) electrons. The van der Waals surface area contributed by atoms with Crippen molar-refractivity contribution in [2.45, 2.75) is 12.3 Å². The van der Waals surface area contributed by atoms with E-state index in [0.29, 0.717) is 12.2 Å². The van der Waals surface area contributed by atoms with Gasteiger partial charge in [-0.25, -0.2) is 4.79 Å². The van der Waals surface area contributed by atoms with Crippen molar-refractivity contribution in [2.24, 2.45) is 0 Å². The van der Waals surface area contributed by atoms with E-state index in [2.05, 4.69) is 80.5 Å². The van der Waals surface area contributed by atoms with Crippen LogP contribution in [0.25, 0.3) is 0 Å². The predicted molar refractivity (Wildman–Crippen MR) is 111 cm³/mol. The maximum Gasteiger partial charge on any atom is 0.328 e. The van der Waals surface area contributed by atoms with Crippen LogP contribution in [0.5, 0.6) is 0 Å². The van der Waals surface area contributed by atoms with Gasteiger partial charge in [0, 0.05) is 23.7 Å². The fourth-order valence-electron chi connectivity index (χ4n) is 3.52. The van der Waals surface area contributed by atoms with Gasteiger partial charge in [-0.1, -0.05) is 48.5 Å². The highest BCUT2D eigenvalue weighted by Crippen LogP contribution is 2.44. The van der Waals surface area contributed by atoms with Crippen LogP contribution in [0.15, 0.2) is 66.7 Å². The summed E-state index contributed by atoms with van der Waals surface area (Å²) < 4.78 is 0. The van der Waals surface area contributed by atoms with Gasteiger partial charge in [0.05, 0.1) is 33.2 Å². The van der Waals surface area contributed by atoms with Crippen LogP contribution in [-0.4, -0.2) is 50.8 Å². The zero-order valence-electron chi connectivity index (χ0n) is 17.1. The molecule has 0 bridgehead atoms. The van der Waals surface area contributed by atoms with Gasteiger partial charge < -0.3 is 24.8 Å². The van der Waals surface area contributed by atoms with Crippen molar-refractivity contribution in [3.8, 4) is 0 Å². The SMILES string of the molecule is C[NH+](C)CCN1CC(C)(c2ccccc2)c2ccccc21.O=C([O-])/C=C\C(=O)O. The van der Waals surface area contributed by atoms with Gasteiger partial charge >= 0.3 is 5.97 Å². The van der Waals surface area contributed by atoms with Gasteiger partial charge in [-0.05, 0) is 30.2 Å². The number of carbonyl (C=O) groups is 2. The van der Waals surface area contributed by atoms with E-state index in [0.717, 1.165) is 13.1 Å². The van der Waals surface area contributed by atoms with Gasteiger partial charge in [0.15, 0.2) is 0 Å². The third-order valence-corrected chi connectivity index (χ3v) is 5.00. The molecule has 1 heterocycles. The van der Waals surface area contributed by atoms with Gasteiger partial charge in [0.2, 0.25) is 0 Å². The lowest BCUT2D eigenvalue weighted by molar-refractivity contribution is -0.856. The van der Waals surface area contributed by atoms with Gasteiger partial charge in [-0.2, -0.15) is 0 Å². The molecule has 0 aliphatic carbocycles. The van der Waals surface area contributed by atoms with Crippen LogP contribution in [0.1, 0.15) is 18.1 Å². The fraction of sp³-hybridized carbons (Fsp3) is 0.304. The first-order valence-electron chi connectivity index (χ1n) is 9.55. The molecule has 0 saturated heterocycles. The molecule has 1 aliphatic rings. The molecule has 0 aromatic heterocycles. The van der Waals surface area contributed by atoms with E-state index in [9.17, 15) is 14.7 Å². The fourth-order valence-corrected chi connectivity index (χ4v) is 3.52. The maximum atomic E-state index is 9.53. The lowest BCUT2D eigenvalue weighted by atomic mass is 9.78. The highest BCUT2D eigenvalue weighted by atomic mass is 16.4. The largest absolute Gasteiger partial charge is 0.545 e. The molecular formula is C23H28N2O4. The Kier molecular flexibility index (Phi) is 7.56. The second-order valence-electron chi connectivity index (χ2n) is 7.58. The minimum absolute atomic E-state index is 0.0967. The zero-order valence-corrected chi connectivity index (χ0v) is 17.1. The summed E-state index contributed by atoms with van der Waals surface area (Å²) >= 11 is 0. The van der Waals surface area contributed by atoms with Crippen LogP contribution >= 0.6 is 0 Å². The minimum atomic E-state index is -1.51. The second-order valence-corrected chi connectivity index (χ2v) is 7.58. The molecule has 0 spiro atoms. The third-order valence-electron chi connectivity index (χ3n) is 5.00. The Morgan fingerprint density at radius 3 is 2.28 bits per heavy atom. The number of quaternary nitrogens is 1. The number of carboxylic acids is 2. The van der Waals surface area contributed by atoms with E-state index >= 15 is 0 Å². The minimum Gasteiger partial charge on any atom is -0.545 e. The molecular weight excluding hydrogens is 368 g/mol. The topological polar surface area (TPSA) is 85.1 Å². The molecule has 154 valence electrons. The van der Waals surface area contributed by atoms with E-state index in [1.807, 2.05) is 0 Å². The van der Waals surface area contributed by atoms with Crippen LogP contribution in [-0.2, 0) is 15.0 Å². The van der Waals surface area contributed by atoms with Crippen molar-refractivity contribution >= 4 is 17.6 Å². The molecule has 6 heteroatoms. The molecule has 0 fully saturated rings. The average molecular weight is 396 g/mol. The van der Waals surface area contributed by atoms with Crippen LogP contribution in [0.4, 0.5) is 5.69 Å². The molecule has 1 atom stereocenters. The highest BCUT2D eigenvalue weighted by molar-refractivity contribution is 5.88. The van der Waals surface area contributed by atoms with E-state index in [1.54, 1.807) is 0 Å². The number of nitrogens with zero attached hydrogens (tertiary/aromatic N) is 1. The second kappa shape index (κ2) is 9.89. The quantitative estimate of drug-likeness (QED) is 0.688. The molecule has 2 aromatic rings. The maximum absolute atomic E-state index is 9.53. The number of carboxylic acid groups (broad SMARTS) is 2. The number of hydrogen-bond acceptors (Lipinski definition) is 4. The standard InChI is InChI=1S/C19H24N2.C4H4O4/c1-19(16-9-5-4-6-10-16)15-21(14-13-20(2)3)18-12-8-7-11-17(18)19;5-3(6)1-2-4(7)8/h4-12H,13-15H2,1-3H3;1-2H,(H,5,6)(H,7,8)/b;2-1-. The first-order chi connectivity index (χ1) is 13.7. The predicted octanol–water partition coefficient (Wildman–Crippen LogP) is 0.334. The van der Waals surface area contributed by atoms with E-state index in [1.165, 1.54) is 28.3 Å². The molecule has 1 aliphatic heterocycles. The molecule has 3 rings (SSSR count). The molecule has 2 N–H and O–H groups in total. The number of nitrogens with one attached hydrogen (secondary N) is 1. The summed E-state index contributed by atoms with van der Waals surface area (Å²) in [5.41, 5.74) is 4.38. The summed E-state index contributed by atoms with van der Waals surface area (Å²) in [6, 6.07) is 19.8.